The average molecular weight is 308 g/mol. The number of rotatable bonds is 10. The van der Waals surface area contributed by atoms with Crippen molar-refractivity contribution in [3.8, 4) is 11.5 Å². The third-order valence-electron chi connectivity index (χ3n) is 3.38. The van der Waals surface area contributed by atoms with Crippen molar-refractivity contribution in [3.05, 3.63) is 29.3 Å². The molecule has 0 aliphatic carbocycles. The molecular weight excluding hydrogens is 284 g/mol. The number of aliphatic carboxylic acids is 1. The molecule has 0 radical (unpaired) electrons. The first-order chi connectivity index (χ1) is 10.6. The van der Waals surface area contributed by atoms with Gasteiger partial charge in [-0.2, -0.15) is 0 Å². The molecule has 1 aromatic carbocycles. The van der Waals surface area contributed by atoms with Crippen LogP contribution >= 0.6 is 0 Å². The van der Waals surface area contributed by atoms with E-state index >= 15 is 0 Å². The van der Waals surface area contributed by atoms with Crippen LogP contribution in [0.4, 0.5) is 0 Å². The minimum absolute atomic E-state index is 0.188. The normalized spacial score (nSPS) is 11.3. The van der Waals surface area contributed by atoms with Gasteiger partial charge in [0.2, 0.25) is 0 Å². The van der Waals surface area contributed by atoms with Gasteiger partial charge in [0.15, 0.2) is 11.5 Å². The van der Waals surface area contributed by atoms with Crippen LogP contribution in [0.3, 0.4) is 0 Å². The standard InChI is InChI=1S/C17H24O5/c1-21-15-9-8-13(12-16(15)22-2)11-14(17(19)20)7-5-3-4-6-10-18/h8-9,11-12,18H,3-7,10H2,1-2H3,(H,19,20)/b14-11+. The lowest BCUT2D eigenvalue weighted by molar-refractivity contribution is -0.132. The highest BCUT2D eigenvalue weighted by atomic mass is 16.5. The van der Waals surface area contributed by atoms with Crippen molar-refractivity contribution in [1.29, 1.82) is 0 Å². The Labute approximate surface area is 131 Å². The number of methoxy groups -OCH3 is 2. The van der Waals surface area contributed by atoms with Crippen molar-refractivity contribution in [2.24, 2.45) is 0 Å². The monoisotopic (exact) mass is 308 g/mol. The van der Waals surface area contributed by atoms with Gasteiger partial charge in [0.25, 0.3) is 0 Å². The fourth-order valence-corrected chi connectivity index (χ4v) is 2.17. The summed E-state index contributed by atoms with van der Waals surface area (Å²) in [6.07, 6.45) is 5.57. The van der Waals surface area contributed by atoms with Crippen LogP contribution in [0.2, 0.25) is 0 Å². The van der Waals surface area contributed by atoms with Crippen LogP contribution in [0.25, 0.3) is 6.08 Å². The van der Waals surface area contributed by atoms with Crippen molar-refractivity contribution in [2.75, 3.05) is 20.8 Å². The first kappa shape index (κ1) is 18.0. The van der Waals surface area contributed by atoms with E-state index < -0.39 is 5.97 Å². The highest BCUT2D eigenvalue weighted by Gasteiger charge is 2.09. The van der Waals surface area contributed by atoms with E-state index in [9.17, 15) is 9.90 Å². The molecule has 0 fully saturated rings. The second-order valence-electron chi connectivity index (χ2n) is 4.98. The number of hydrogen-bond acceptors (Lipinski definition) is 4. The molecule has 0 aliphatic rings. The molecule has 0 aromatic heterocycles. The molecule has 0 saturated carbocycles. The van der Waals surface area contributed by atoms with Gasteiger partial charge in [-0.05, 0) is 43.0 Å². The lowest BCUT2D eigenvalue weighted by Gasteiger charge is -2.08. The SMILES string of the molecule is COc1ccc(/C=C(\CCCCCCO)C(=O)O)cc1OC. The summed E-state index contributed by atoms with van der Waals surface area (Å²) in [6, 6.07) is 5.31. The third kappa shape index (κ3) is 5.77. The molecule has 0 atom stereocenters. The van der Waals surface area contributed by atoms with E-state index in [-0.39, 0.29) is 6.61 Å². The number of aliphatic hydroxyl groups excluding tert-OH is 1. The Hall–Kier alpha value is -2.01. The number of ether oxygens (including phenoxy) is 2. The van der Waals surface area contributed by atoms with Gasteiger partial charge in [0, 0.05) is 12.2 Å². The summed E-state index contributed by atoms with van der Waals surface area (Å²) >= 11 is 0. The summed E-state index contributed by atoms with van der Waals surface area (Å²) in [7, 11) is 3.10. The Kier molecular flexibility index (Phi) is 8.07. The summed E-state index contributed by atoms with van der Waals surface area (Å²) in [6.45, 7) is 0.188. The van der Waals surface area contributed by atoms with Gasteiger partial charge >= 0.3 is 5.97 Å². The number of carboxylic acids is 1. The molecule has 1 aromatic rings. The summed E-state index contributed by atoms with van der Waals surface area (Å²) in [5.41, 5.74) is 1.14. The van der Waals surface area contributed by atoms with E-state index in [1.165, 1.54) is 0 Å². The van der Waals surface area contributed by atoms with Gasteiger partial charge in [-0.25, -0.2) is 4.79 Å². The van der Waals surface area contributed by atoms with Gasteiger partial charge < -0.3 is 19.7 Å². The minimum Gasteiger partial charge on any atom is -0.493 e. The molecule has 5 nitrogen and oxygen atoms in total. The van der Waals surface area contributed by atoms with Gasteiger partial charge in [-0.3, -0.25) is 0 Å². The van der Waals surface area contributed by atoms with Gasteiger partial charge in [0.05, 0.1) is 14.2 Å². The van der Waals surface area contributed by atoms with E-state index in [1.807, 2.05) is 0 Å². The third-order valence-corrected chi connectivity index (χ3v) is 3.38. The average Bonchev–Trinajstić information content (AvgIpc) is 2.53. The molecule has 0 bridgehead atoms. The van der Waals surface area contributed by atoms with Gasteiger partial charge in [-0.1, -0.05) is 18.9 Å². The van der Waals surface area contributed by atoms with E-state index in [4.69, 9.17) is 14.6 Å². The molecule has 0 amide bonds. The lowest BCUT2D eigenvalue weighted by atomic mass is 10.0. The van der Waals surface area contributed by atoms with Crippen molar-refractivity contribution in [2.45, 2.75) is 32.1 Å². The Morgan fingerprint density at radius 1 is 1.09 bits per heavy atom. The molecule has 0 aliphatic heterocycles. The molecule has 2 N–H and O–H groups in total. The first-order valence-corrected chi connectivity index (χ1v) is 7.39. The maximum absolute atomic E-state index is 11.3. The van der Waals surface area contributed by atoms with Gasteiger partial charge in [-0.15, -0.1) is 0 Å². The lowest BCUT2D eigenvalue weighted by Crippen LogP contribution is -2.01. The smallest absolute Gasteiger partial charge is 0.331 e. The maximum atomic E-state index is 11.3. The zero-order valence-electron chi connectivity index (χ0n) is 13.2. The highest BCUT2D eigenvalue weighted by molar-refractivity contribution is 5.92. The predicted molar refractivity (Wildman–Crippen MR) is 85.3 cm³/mol. The Balaban J connectivity index is 2.78. The molecule has 1 rings (SSSR count). The number of hydrogen-bond donors (Lipinski definition) is 2. The van der Waals surface area contributed by atoms with Crippen molar-refractivity contribution < 1.29 is 24.5 Å². The van der Waals surface area contributed by atoms with Crippen molar-refractivity contribution in [1.82, 2.24) is 0 Å². The minimum atomic E-state index is -0.906. The quantitative estimate of drug-likeness (QED) is 0.513. The molecule has 22 heavy (non-hydrogen) atoms. The fraction of sp³-hybridized carbons (Fsp3) is 0.471. The predicted octanol–water partition coefficient (Wildman–Crippen LogP) is 3.11. The molecule has 0 heterocycles. The highest BCUT2D eigenvalue weighted by Crippen LogP contribution is 2.28. The second kappa shape index (κ2) is 9.84. The van der Waals surface area contributed by atoms with E-state index in [1.54, 1.807) is 38.5 Å². The van der Waals surface area contributed by atoms with Crippen LogP contribution in [0.15, 0.2) is 23.8 Å². The molecule has 5 heteroatoms. The maximum Gasteiger partial charge on any atom is 0.331 e. The van der Waals surface area contributed by atoms with Crippen LogP contribution < -0.4 is 9.47 Å². The summed E-state index contributed by atoms with van der Waals surface area (Å²) < 4.78 is 10.4. The zero-order valence-corrected chi connectivity index (χ0v) is 13.2. The largest absolute Gasteiger partial charge is 0.493 e. The van der Waals surface area contributed by atoms with Crippen molar-refractivity contribution >= 4 is 12.0 Å². The van der Waals surface area contributed by atoms with Gasteiger partial charge in [0.1, 0.15) is 0 Å². The number of carboxylic acid groups (broad SMARTS) is 1. The van der Waals surface area contributed by atoms with Crippen molar-refractivity contribution in [3.63, 3.8) is 0 Å². The number of carbonyl (C=O) groups is 1. The number of benzene rings is 1. The summed E-state index contributed by atoms with van der Waals surface area (Å²) in [5.74, 6) is 0.279. The van der Waals surface area contributed by atoms with Crippen LogP contribution in [0.5, 0.6) is 11.5 Å². The molecular formula is C17H24O5. The van der Waals surface area contributed by atoms with Crippen LogP contribution in [-0.4, -0.2) is 37.0 Å². The number of unbranched alkanes of at least 4 members (excludes halogenated alkanes) is 3. The van der Waals surface area contributed by atoms with E-state index in [0.29, 0.717) is 23.5 Å². The second-order valence-corrected chi connectivity index (χ2v) is 4.98. The molecule has 0 unspecified atom stereocenters. The van der Waals surface area contributed by atoms with Crippen LogP contribution in [0, 0.1) is 0 Å². The topological polar surface area (TPSA) is 76.0 Å². The molecule has 0 spiro atoms. The van der Waals surface area contributed by atoms with Crippen LogP contribution in [0.1, 0.15) is 37.7 Å². The summed E-state index contributed by atoms with van der Waals surface area (Å²) in [4.78, 5) is 11.3. The summed E-state index contributed by atoms with van der Waals surface area (Å²) in [5, 5.41) is 18.0. The number of aliphatic hydroxyl groups is 1. The Morgan fingerprint density at radius 3 is 2.36 bits per heavy atom. The first-order valence-electron chi connectivity index (χ1n) is 7.39. The Bertz CT molecular complexity index is 508. The molecule has 0 saturated heterocycles. The fourth-order valence-electron chi connectivity index (χ4n) is 2.17. The van der Waals surface area contributed by atoms with E-state index in [2.05, 4.69) is 0 Å². The zero-order chi connectivity index (χ0) is 16.4. The Morgan fingerprint density at radius 2 is 1.77 bits per heavy atom. The molecule has 122 valence electrons. The van der Waals surface area contributed by atoms with E-state index in [0.717, 1.165) is 31.2 Å². The van der Waals surface area contributed by atoms with Crippen LogP contribution in [-0.2, 0) is 4.79 Å².